The zero-order valence-corrected chi connectivity index (χ0v) is 48.4. The number of carbonyl (C=O) groups is 1. The monoisotopic (exact) mass is 1160 g/mol. The van der Waals surface area contributed by atoms with Crippen molar-refractivity contribution in [3.05, 3.63) is 122 Å². The van der Waals surface area contributed by atoms with Gasteiger partial charge in [0.2, 0.25) is 5.91 Å². The number of carbonyl (C=O) groups excluding carboxylic acids is 1. The first kappa shape index (κ1) is 72.4. The molecule has 1 amide bonds. The highest BCUT2D eigenvalue weighted by atomic mass is 16.8. The average Bonchev–Trinajstić information content (AvgIpc) is 3.60. The summed E-state index contributed by atoms with van der Waals surface area (Å²) in [6, 6.07) is -1.01. The smallest absolute Gasteiger partial charge is 0.220 e. The highest BCUT2D eigenvalue weighted by Gasteiger charge is 2.53. The summed E-state index contributed by atoms with van der Waals surface area (Å²) in [5, 5.41) is 120. The van der Waals surface area contributed by atoms with Crippen LogP contribution in [0.4, 0.5) is 0 Å². The molecule has 0 saturated carbocycles. The second kappa shape index (κ2) is 44.6. The Hall–Kier alpha value is -3.81. The lowest BCUT2D eigenvalue weighted by molar-refractivity contribution is -0.379. The fourth-order valence-electron chi connectivity index (χ4n) is 9.09. The normalized spacial score (nSPS) is 30.5. The number of aliphatic hydroxyl groups is 11. The maximum absolute atomic E-state index is 13.3. The number of ether oxygens (including phenoxy) is 6. The molecule has 3 aliphatic heterocycles. The quantitative estimate of drug-likeness (QED) is 0.0273. The molecule has 3 rings (SSSR count). The van der Waals surface area contributed by atoms with Crippen LogP contribution in [0.3, 0.4) is 0 Å². The van der Waals surface area contributed by atoms with E-state index in [0.717, 1.165) is 103 Å². The Morgan fingerprint density at radius 3 is 1.35 bits per heavy atom. The van der Waals surface area contributed by atoms with Crippen molar-refractivity contribution < 1.29 is 89.4 Å². The number of hydrogen-bond acceptors (Lipinski definition) is 18. The van der Waals surface area contributed by atoms with Crippen molar-refractivity contribution in [1.29, 1.82) is 0 Å². The van der Waals surface area contributed by atoms with E-state index in [1.54, 1.807) is 12.2 Å². The first-order valence-electron chi connectivity index (χ1n) is 29.8. The standard InChI is InChI=1S/C63H101NO18/c1-3-5-7-9-11-13-14-15-16-17-18-19-20-21-22-23-24-25-26-27-28-29-30-31-32-33-35-37-39-41-51(69)64-46(47(68)40-38-36-34-12-10-8-6-4-2)45-77-61-57(75)54(72)59(49(43-66)79-61)82-63-58(76)55(73)60(50(44-67)80-63)81-62-56(74)53(71)52(70)48(42-65)78-62/h5,7,10-13,15-16,18-19,21-22,24-25,27-28,30-31,38,40,46-50,52-63,65-68,70-76H,3-4,6,8-9,14,17,20,23,26,29,32-37,39,41-45H2,1-2H3,(H,64,69)/b7-5-,12-10+,13-11-,16-15-,19-18-,22-21-,25-24-,28-27-,31-30-,40-38+. The molecule has 0 spiro atoms. The van der Waals surface area contributed by atoms with Gasteiger partial charge >= 0.3 is 0 Å². The minimum atomic E-state index is -1.99. The van der Waals surface area contributed by atoms with Gasteiger partial charge in [-0.25, -0.2) is 0 Å². The Balaban J connectivity index is 1.42. The van der Waals surface area contributed by atoms with Crippen molar-refractivity contribution in [2.24, 2.45) is 0 Å². The summed E-state index contributed by atoms with van der Waals surface area (Å²) >= 11 is 0. The lowest BCUT2D eigenvalue weighted by atomic mass is 9.96. The second-order valence-electron chi connectivity index (χ2n) is 20.7. The van der Waals surface area contributed by atoms with Gasteiger partial charge in [-0.2, -0.15) is 0 Å². The summed E-state index contributed by atoms with van der Waals surface area (Å²) in [5.41, 5.74) is 0. The predicted molar refractivity (Wildman–Crippen MR) is 313 cm³/mol. The molecule has 17 atom stereocenters. The molecule has 0 aliphatic carbocycles. The van der Waals surface area contributed by atoms with Gasteiger partial charge in [-0.05, 0) is 89.9 Å². The van der Waals surface area contributed by atoms with E-state index in [4.69, 9.17) is 28.4 Å². The average molecular weight is 1160 g/mol. The van der Waals surface area contributed by atoms with Crippen molar-refractivity contribution >= 4 is 5.91 Å². The van der Waals surface area contributed by atoms with E-state index in [0.29, 0.717) is 12.8 Å². The zero-order chi connectivity index (χ0) is 59.7. The van der Waals surface area contributed by atoms with Gasteiger partial charge in [-0.15, -0.1) is 0 Å². The molecule has 3 aliphatic rings. The summed E-state index contributed by atoms with van der Waals surface area (Å²) in [6.45, 7) is 1.43. The SMILES string of the molecule is CC/C=C\C/C=C\C/C=C\C/C=C\C/C=C\C/C=C\C/C=C\C/C=C\CCCCCCC(=O)NC(COC1OC(CO)C(OC2OC(CO)C(OC3OC(CO)C(O)C(O)C3O)C(O)C2O)C(O)C1O)C(O)/C=C/CC/C=C/CCCC. The summed E-state index contributed by atoms with van der Waals surface area (Å²) < 4.78 is 34.1. The van der Waals surface area contributed by atoms with Gasteiger partial charge in [0.1, 0.15) is 73.2 Å². The van der Waals surface area contributed by atoms with E-state index in [-0.39, 0.29) is 18.9 Å². The summed E-state index contributed by atoms with van der Waals surface area (Å²) in [6.07, 6.45) is 32.2. The molecule has 3 fully saturated rings. The molecule has 0 bridgehead atoms. The molecule has 0 aromatic rings. The molecule has 19 nitrogen and oxygen atoms in total. The third kappa shape index (κ3) is 27.9. The number of rotatable bonds is 41. The van der Waals surface area contributed by atoms with Crippen LogP contribution < -0.4 is 5.32 Å². The van der Waals surface area contributed by atoms with E-state index >= 15 is 0 Å². The van der Waals surface area contributed by atoms with Gasteiger partial charge in [0, 0.05) is 6.42 Å². The molecule has 17 unspecified atom stereocenters. The molecule has 3 heterocycles. The van der Waals surface area contributed by atoms with Gasteiger partial charge < -0.3 is 89.9 Å². The Labute approximate surface area is 487 Å². The first-order valence-corrected chi connectivity index (χ1v) is 29.8. The van der Waals surface area contributed by atoms with Gasteiger partial charge in [0.25, 0.3) is 0 Å². The molecule has 0 aromatic heterocycles. The minimum Gasteiger partial charge on any atom is -0.394 e. The van der Waals surface area contributed by atoms with Crippen molar-refractivity contribution in [2.45, 2.75) is 240 Å². The third-order valence-corrected chi connectivity index (χ3v) is 14.0. The third-order valence-electron chi connectivity index (χ3n) is 14.0. The van der Waals surface area contributed by atoms with Crippen LogP contribution >= 0.6 is 0 Å². The molecule has 12 N–H and O–H groups in total. The highest BCUT2D eigenvalue weighted by molar-refractivity contribution is 5.76. The number of unbranched alkanes of at least 4 members (excludes halogenated alkanes) is 7. The molecule has 0 aromatic carbocycles. The molecule has 466 valence electrons. The maximum Gasteiger partial charge on any atom is 0.220 e. The lowest BCUT2D eigenvalue weighted by Crippen LogP contribution is -2.66. The van der Waals surface area contributed by atoms with Crippen molar-refractivity contribution in [2.75, 3.05) is 26.4 Å². The number of nitrogens with one attached hydrogen (secondary N) is 1. The van der Waals surface area contributed by atoms with Crippen LogP contribution in [0.2, 0.25) is 0 Å². The fourth-order valence-corrected chi connectivity index (χ4v) is 9.09. The Bertz CT molecular complexity index is 1960. The van der Waals surface area contributed by atoms with E-state index in [1.165, 1.54) is 0 Å². The summed E-state index contributed by atoms with van der Waals surface area (Å²) in [5.74, 6) is -0.322. The molecule has 0 radical (unpaired) electrons. The number of amides is 1. The Morgan fingerprint density at radius 1 is 0.451 bits per heavy atom. The first-order chi connectivity index (χ1) is 39.8. The van der Waals surface area contributed by atoms with Gasteiger partial charge in [0.05, 0.1) is 38.6 Å². The molecular formula is C63H101NO18. The van der Waals surface area contributed by atoms with E-state index in [9.17, 15) is 61.0 Å². The summed E-state index contributed by atoms with van der Waals surface area (Å²) in [7, 11) is 0. The molecule has 3 saturated heterocycles. The van der Waals surface area contributed by atoms with Crippen LogP contribution in [-0.4, -0.2) is 193 Å². The number of allylic oxidation sites excluding steroid dienone is 19. The van der Waals surface area contributed by atoms with Gasteiger partial charge in [0.15, 0.2) is 18.9 Å². The van der Waals surface area contributed by atoms with Crippen molar-refractivity contribution in [1.82, 2.24) is 5.32 Å². The van der Waals surface area contributed by atoms with Crippen LogP contribution in [0.5, 0.6) is 0 Å². The fraction of sp³-hybridized carbons (Fsp3) is 0.667. The molecule has 19 heteroatoms. The van der Waals surface area contributed by atoms with Crippen LogP contribution in [0.15, 0.2) is 122 Å². The van der Waals surface area contributed by atoms with E-state index in [2.05, 4.69) is 129 Å². The minimum absolute atomic E-state index is 0.196. The number of aliphatic hydroxyl groups excluding tert-OH is 11. The molecule has 82 heavy (non-hydrogen) atoms. The maximum atomic E-state index is 13.3. The van der Waals surface area contributed by atoms with Gasteiger partial charge in [-0.1, -0.05) is 161 Å². The van der Waals surface area contributed by atoms with Crippen LogP contribution in [0.1, 0.15) is 136 Å². The molecular weight excluding hydrogens is 1060 g/mol. The zero-order valence-electron chi connectivity index (χ0n) is 48.4. The topological polar surface area (TPSA) is 307 Å². The van der Waals surface area contributed by atoms with Gasteiger partial charge in [-0.3, -0.25) is 4.79 Å². The van der Waals surface area contributed by atoms with E-state index < -0.39 is 124 Å². The lowest BCUT2D eigenvalue weighted by Gasteiger charge is -2.48. The second-order valence-corrected chi connectivity index (χ2v) is 20.7. The largest absolute Gasteiger partial charge is 0.394 e. The van der Waals surface area contributed by atoms with Crippen molar-refractivity contribution in [3.63, 3.8) is 0 Å². The van der Waals surface area contributed by atoms with Crippen LogP contribution in [0.25, 0.3) is 0 Å². The van der Waals surface area contributed by atoms with Crippen molar-refractivity contribution in [3.8, 4) is 0 Å². The van der Waals surface area contributed by atoms with Crippen LogP contribution in [-0.2, 0) is 33.2 Å². The summed E-state index contributed by atoms with van der Waals surface area (Å²) in [4.78, 5) is 13.3. The number of hydrogen-bond donors (Lipinski definition) is 12. The predicted octanol–water partition coefficient (Wildman–Crippen LogP) is 5.31. The Kier molecular flexibility index (Phi) is 39.4. The highest BCUT2D eigenvalue weighted by Crippen LogP contribution is 2.33. The van der Waals surface area contributed by atoms with E-state index in [1.807, 2.05) is 0 Å². The van der Waals surface area contributed by atoms with Crippen LogP contribution in [0, 0.1) is 0 Å². The Morgan fingerprint density at radius 2 is 0.854 bits per heavy atom.